The molecule has 1 aliphatic heterocycles. The van der Waals surface area contributed by atoms with Crippen molar-refractivity contribution < 1.29 is 27.6 Å². The van der Waals surface area contributed by atoms with Crippen LogP contribution in [0.1, 0.15) is 11.3 Å². The summed E-state index contributed by atoms with van der Waals surface area (Å²) in [6.45, 7) is 0.688. The zero-order chi connectivity index (χ0) is 28.0. The van der Waals surface area contributed by atoms with Crippen LogP contribution in [0, 0.1) is 0 Å². The standard InChI is InChI=1S/C28H23N3O4S.CH3NO2.ClH/c32-36(33,31-16-13-23-14-18-34-28(23)19-31)27-11-9-26(10-12-27)35-25-7-3-22(4-8-25)21-1-5-24(6-2-21)30-17-15-29-20-30;3-1-2-4;/h1-12,14-15,17-18,20H,13,16,19H2;1,4H,(H,2,3);1H. The van der Waals surface area contributed by atoms with Gasteiger partial charge in [0, 0.05) is 24.6 Å². The second-order valence-electron chi connectivity index (χ2n) is 8.82. The number of halogens is 1. The minimum absolute atomic E-state index is 0. The van der Waals surface area contributed by atoms with Gasteiger partial charge in [0.2, 0.25) is 16.4 Å². The summed E-state index contributed by atoms with van der Waals surface area (Å²) in [7, 11) is -3.61. The lowest BCUT2D eigenvalue weighted by atomic mass is 10.1. The monoisotopic (exact) mass is 594 g/mol. The molecule has 0 saturated heterocycles. The van der Waals surface area contributed by atoms with Crippen molar-refractivity contribution >= 4 is 28.8 Å². The van der Waals surface area contributed by atoms with Crippen LogP contribution in [0.5, 0.6) is 11.5 Å². The van der Waals surface area contributed by atoms with E-state index in [0.29, 0.717) is 30.2 Å². The zero-order valence-electron chi connectivity index (χ0n) is 21.7. The van der Waals surface area contributed by atoms with Crippen molar-refractivity contribution in [3.05, 3.63) is 115 Å². The number of carbonyl (C=O) groups is 1. The summed E-state index contributed by atoms with van der Waals surface area (Å²) in [4.78, 5) is 13.1. The van der Waals surface area contributed by atoms with Crippen molar-refractivity contribution in [1.29, 1.82) is 0 Å². The Bertz CT molecular complexity index is 1650. The number of imidazole rings is 1. The average molecular weight is 595 g/mol. The summed E-state index contributed by atoms with van der Waals surface area (Å²) < 4.78 is 41.0. The second kappa shape index (κ2) is 13.3. The molecule has 0 atom stereocenters. The van der Waals surface area contributed by atoms with E-state index in [1.807, 2.05) is 41.1 Å². The number of aromatic nitrogens is 2. The fourth-order valence-corrected chi connectivity index (χ4v) is 5.73. The van der Waals surface area contributed by atoms with Crippen molar-refractivity contribution in [3.63, 3.8) is 0 Å². The molecule has 41 heavy (non-hydrogen) atoms. The van der Waals surface area contributed by atoms with Crippen LogP contribution in [-0.2, 0) is 27.8 Å². The quantitative estimate of drug-likeness (QED) is 0.150. The molecule has 6 rings (SSSR count). The minimum Gasteiger partial charge on any atom is -0.468 e. The predicted octanol–water partition coefficient (Wildman–Crippen LogP) is 5.22. The lowest BCUT2D eigenvalue weighted by Crippen LogP contribution is -2.35. The fraction of sp³-hybridized carbons (Fsp3) is 0.103. The topological polar surface area (TPSA) is 127 Å². The number of carbonyl (C=O) groups excluding carboxylic acids is 1. The van der Waals surface area contributed by atoms with E-state index in [4.69, 9.17) is 19.2 Å². The van der Waals surface area contributed by atoms with Crippen LogP contribution in [-0.4, -0.2) is 40.4 Å². The van der Waals surface area contributed by atoms with Gasteiger partial charge in [-0.15, -0.1) is 12.4 Å². The first kappa shape index (κ1) is 29.6. The third kappa shape index (κ3) is 6.84. The van der Waals surface area contributed by atoms with Gasteiger partial charge in [0.05, 0.1) is 24.0 Å². The van der Waals surface area contributed by atoms with Crippen molar-refractivity contribution in [1.82, 2.24) is 19.3 Å². The van der Waals surface area contributed by atoms with Gasteiger partial charge in [0.1, 0.15) is 17.3 Å². The third-order valence-electron chi connectivity index (χ3n) is 6.40. The molecule has 3 aromatic carbocycles. The number of sulfonamides is 1. The maximum atomic E-state index is 13.1. The first-order valence-electron chi connectivity index (χ1n) is 12.3. The van der Waals surface area contributed by atoms with E-state index in [0.717, 1.165) is 22.4 Å². The van der Waals surface area contributed by atoms with Crippen molar-refractivity contribution in [2.75, 3.05) is 6.54 Å². The molecular formula is C29H27ClN4O6S. The Balaban J connectivity index is 0.000000729. The Hall–Kier alpha value is -4.42. The number of fused-ring (bicyclic) bond motifs is 1. The molecule has 0 unspecified atom stereocenters. The molecule has 0 saturated carbocycles. The molecule has 10 nitrogen and oxygen atoms in total. The van der Waals surface area contributed by atoms with Crippen LogP contribution in [0.25, 0.3) is 16.8 Å². The number of rotatable bonds is 7. The Morgan fingerprint density at radius 3 is 2.12 bits per heavy atom. The summed E-state index contributed by atoms with van der Waals surface area (Å²) in [5.41, 5.74) is 5.54. The normalized spacial score (nSPS) is 12.7. The van der Waals surface area contributed by atoms with Crippen LogP contribution in [0.3, 0.4) is 0 Å². The van der Waals surface area contributed by atoms with Crippen LogP contribution >= 0.6 is 12.4 Å². The Morgan fingerprint density at radius 1 is 0.927 bits per heavy atom. The maximum absolute atomic E-state index is 13.1. The van der Waals surface area contributed by atoms with Gasteiger partial charge in [-0.05, 0) is 77.7 Å². The van der Waals surface area contributed by atoms with E-state index in [-0.39, 0.29) is 30.3 Å². The number of furan rings is 1. The summed E-state index contributed by atoms with van der Waals surface area (Å²) in [6.07, 6.45) is 7.87. The highest BCUT2D eigenvalue weighted by Crippen LogP contribution is 2.29. The molecule has 5 aromatic rings. The Kier molecular flexibility index (Phi) is 9.58. The summed E-state index contributed by atoms with van der Waals surface area (Å²) in [5, 5.41) is 7.26. The lowest BCUT2D eigenvalue weighted by molar-refractivity contribution is -0.116. The SMILES string of the molecule is Cl.O=CNO.O=S(=O)(c1ccc(Oc2ccc(-c3ccc(-n4ccnc4)cc3)cc2)cc1)N1CCc2ccoc2C1. The molecule has 1 amide bonds. The second-order valence-corrected chi connectivity index (χ2v) is 10.8. The first-order valence-corrected chi connectivity index (χ1v) is 13.8. The number of nitrogens with zero attached hydrogens (tertiary/aromatic N) is 3. The van der Waals surface area contributed by atoms with Gasteiger partial charge in [-0.3, -0.25) is 10.0 Å². The smallest absolute Gasteiger partial charge is 0.243 e. The van der Waals surface area contributed by atoms with E-state index >= 15 is 0 Å². The van der Waals surface area contributed by atoms with Crippen molar-refractivity contribution in [2.45, 2.75) is 17.9 Å². The number of benzene rings is 3. The number of hydrogen-bond donors (Lipinski definition) is 2. The Labute approximate surface area is 243 Å². The fourth-order valence-electron chi connectivity index (χ4n) is 4.34. The number of hydroxylamine groups is 1. The van der Waals surface area contributed by atoms with Crippen LogP contribution in [0.15, 0.2) is 113 Å². The van der Waals surface area contributed by atoms with Crippen LogP contribution in [0.4, 0.5) is 0 Å². The number of amides is 1. The average Bonchev–Trinajstić information content (AvgIpc) is 3.71. The van der Waals surface area contributed by atoms with E-state index in [1.165, 1.54) is 9.79 Å². The van der Waals surface area contributed by atoms with Crippen molar-refractivity contribution in [2.24, 2.45) is 0 Å². The minimum atomic E-state index is -3.61. The Morgan fingerprint density at radius 2 is 1.54 bits per heavy atom. The van der Waals surface area contributed by atoms with Gasteiger partial charge in [0.25, 0.3) is 0 Å². The largest absolute Gasteiger partial charge is 0.468 e. The molecule has 2 N–H and O–H groups in total. The number of hydrogen-bond acceptors (Lipinski definition) is 7. The van der Waals surface area contributed by atoms with Gasteiger partial charge >= 0.3 is 0 Å². The van der Waals surface area contributed by atoms with Crippen LogP contribution in [0.2, 0.25) is 0 Å². The molecule has 0 bridgehead atoms. The van der Waals surface area contributed by atoms with Crippen LogP contribution < -0.4 is 10.2 Å². The van der Waals surface area contributed by atoms with E-state index < -0.39 is 10.0 Å². The predicted molar refractivity (Wildman–Crippen MR) is 154 cm³/mol. The number of ether oxygens (including phenoxy) is 1. The lowest BCUT2D eigenvalue weighted by Gasteiger charge is -2.25. The summed E-state index contributed by atoms with van der Waals surface area (Å²) in [6, 6.07) is 24.5. The van der Waals surface area contributed by atoms with E-state index in [9.17, 15) is 8.42 Å². The molecule has 212 valence electrons. The van der Waals surface area contributed by atoms with Gasteiger partial charge in [-0.1, -0.05) is 24.3 Å². The van der Waals surface area contributed by atoms with E-state index in [1.54, 1.807) is 43.1 Å². The van der Waals surface area contributed by atoms with Gasteiger partial charge in [-0.2, -0.15) is 4.31 Å². The maximum Gasteiger partial charge on any atom is 0.243 e. The van der Waals surface area contributed by atoms with Gasteiger partial charge in [0.15, 0.2) is 0 Å². The zero-order valence-corrected chi connectivity index (χ0v) is 23.3. The molecule has 0 fully saturated rings. The molecule has 1 aliphatic rings. The van der Waals surface area contributed by atoms with Gasteiger partial charge < -0.3 is 13.7 Å². The van der Waals surface area contributed by atoms with E-state index in [2.05, 4.69) is 29.2 Å². The molecule has 12 heteroatoms. The summed E-state index contributed by atoms with van der Waals surface area (Å²) in [5.74, 6) is 1.95. The third-order valence-corrected chi connectivity index (χ3v) is 8.25. The highest BCUT2D eigenvalue weighted by molar-refractivity contribution is 7.89. The number of nitrogens with one attached hydrogen (secondary N) is 1. The molecule has 0 aliphatic carbocycles. The summed E-state index contributed by atoms with van der Waals surface area (Å²) >= 11 is 0. The van der Waals surface area contributed by atoms with Gasteiger partial charge in [-0.25, -0.2) is 18.9 Å². The highest BCUT2D eigenvalue weighted by atomic mass is 35.5. The molecule has 0 radical (unpaired) electrons. The first-order chi connectivity index (χ1) is 19.5. The molecule has 3 heterocycles. The molecule has 0 spiro atoms. The molecular weight excluding hydrogens is 568 g/mol. The highest BCUT2D eigenvalue weighted by Gasteiger charge is 2.29. The van der Waals surface area contributed by atoms with Crippen molar-refractivity contribution in [3.8, 4) is 28.3 Å². The molecule has 2 aromatic heterocycles.